The Bertz CT molecular complexity index is 473. The van der Waals surface area contributed by atoms with E-state index in [0.29, 0.717) is 6.54 Å². The molecular weight excluding hydrogens is 262 g/mol. The molecule has 2 N–H and O–H groups in total. The number of rotatable bonds is 5. The van der Waals surface area contributed by atoms with Gasteiger partial charge in [-0.2, -0.15) is 0 Å². The van der Waals surface area contributed by atoms with Crippen LogP contribution in [0.25, 0.3) is 0 Å². The molecule has 4 nitrogen and oxygen atoms in total. The van der Waals surface area contributed by atoms with Crippen molar-refractivity contribution in [2.45, 2.75) is 45.7 Å². The topological polar surface area (TPSA) is 44.4 Å². The Morgan fingerprint density at radius 3 is 2.52 bits per heavy atom. The van der Waals surface area contributed by atoms with E-state index in [9.17, 15) is 4.79 Å². The number of carbonyl (C=O) groups is 1. The zero-order valence-corrected chi connectivity index (χ0v) is 13.4. The molecule has 116 valence electrons. The van der Waals surface area contributed by atoms with Crippen LogP contribution in [0.5, 0.6) is 0 Å². The highest BCUT2D eigenvalue weighted by Gasteiger charge is 2.16. The van der Waals surface area contributed by atoms with Crippen LogP contribution in [-0.2, 0) is 11.3 Å². The lowest BCUT2D eigenvalue weighted by Crippen LogP contribution is -2.44. The molecule has 0 radical (unpaired) electrons. The maximum atomic E-state index is 11.8. The van der Waals surface area contributed by atoms with E-state index >= 15 is 0 Å². The highest BCUT2D eigenvalue weighted by Crippen LogP contribution is 2.24. The van der Waals surface area contributed by atoms with Gasteiger partial charge in [0, 0.05) is 30.9 Å². The second kappa shape index (κ2) is 6.94. The zero-order chi connectivity index (χ0) is 15.3. The predicted octanol–water partition coefficient (Wildman–Crippen LogP) is 2.29. The monoisotopic (exact) mass is 289 g/mol. The van der Waals surface area contributed by atoms with Gasteiger partial charge in [0.1, 0.15) is 0 Å². The minimum atomic E-state index is -0.174. The molecule has 21 heavy (non-hydrogen) atoms. The van der Waals surface area contributed by atoms with Crippen LogP contribution >= 0.6 is 0 Å². The Morgan fingerprint density at radius 1 is 1.19 bits per heavy atom. The molecule has 0 spiro atoms. The molecule has 0 saturated carbocycles. The summed E-state index contributed by atoms with van der Waals surface area (Å²) in [7, 11) is 0. The normalized spacial score (nSPS) is 15.3. The Kier molecular flexibility index (Phi) is 5.23. The molecule has 0 atom stereocenters. The third-order valence-corrected chi connectivity index (χ3v) is 3.55. The molecule has 1 saturated heterocycles. The third-order valence-electron chi connectivity index (χ3n) is 3.55. The first kappa shape index (κ1) is 15.8. The van der Waals surface area contributed by atoms with Crippen LogP contribution in [0.4, 0.5) is 5.69 Å². The van der Waals surface area contributed by atoms with Crippen LogP contribution in [0.15, 0.2) is 24.3 Å². The summed E-state index contributed by atoms with van der Waals surface area (Å²) in [6.45, 7) is 9.34. The third kappa shape index (κ3) is 5.05. The average molecular weight is 289 g/mol. The standard InChI is InChI=1S/C17H27N3O/c1-17(2,3)19-16(21)13-18-12-14-8-4-5-9-15(14)20-10-6-7-11-20/h4-5,8-9,18H,6-7,10-13H2,1-3H3,(H,19,21). The number of hydrogen-bond donors (Lipinski definition) is 2. The van der Waals surface area contributed by atoms with Crippen LogP contribution in [0, 0.1) is 0 Å². The molecule has 1 heterocycles. The molecule has 1 aliphatic heterocycles. The van der Waals surface area contributed by atoms with Crippen molar-refractivity contribution in [1.29, 1.82) is 0 Å². The average Bonchev–Trinajstić information content (AvgIpc) is 2.91. The molecule has 0 bridgehead atoms. The second-order valence-corrected chi connectivity index (χ2v) is 6.72. The summed E-state index contributed by atoms with van der Waals surface area (Å²) in [5.41, 5.74) is 2.40. The lowest BCUT2D eigenvalue weighted by Gasteiger charge is -2.22. The van der Waals surface area contributed by atoms with Crippen molar-refractivity contribution < 1.29 is 4.79 Å². The lowest BCUT2D eigenvalue weighted by molar-refractivity contribution is -0.121. The van der Waals surface area contributed by atoms with E-state index in [1.165, 1.54) is 24.1 Å². The first-order chi connectivity index (χ1) is 9.96. The quantitative estimate of drug-likeness (QED) is 0.874. The fourth-order valence-electron chi connectivity index (χ4n) is 2.70. The molecule has 2 rings (SSSR count). The molecular formula is C17H27N3O. The van der Waals surface area contributed by atoms with Crippen LogP contribution in [0.2, 0.25) is 0 Å². The first-order valence-corrected chi connectivity index (χ1v) is 7.80. The number of carbonyl (C=O) groups excluding carboxylic acids is 1. The Morgan fingerprint density at radius 2 is 1.86 bits per heavy atom. The summed E-state index contributed by atoms with van der Waals surface area (Å²) in [4.78, 5) is 14.2. The molecule has 1 aromatic carbocycles. The summed E-state index contributed by atoms with van der Waals surface area (Å²) in [6.07, 6.45) is 2.55. The Labute approximate surface area is 127 Å². The fourth-order valence-corrected chi connectivity index (χ4v) is 2.70. The molecule has 0 aromatic heterocycles. The molecule has 1 amide bonds. The summed E-state index contributed by atoms with van der Waals surface area (Å²) in [5, 5.41) is 6.21. The number of amides is 1. The molecule has 1 aromatic rings. The van der Waals surface area contributed by atoms with Gasteiger partial charge in [0.05, 0.1) is 6.54 Å². The van der Waals surface area contributed by atoms with Crippen molar-refractivity contribution in [3.05, 3.63) is 29.8 Å². The van der Waals surface area contributed by atoms with Crippen molar-refractivity contribution in [3.8, 4) is 0 Å². The van der Waals surface area contributed by atoms with Gasteiger partial charge in [-0.05, 0) is 45.2 Å². The lowest BCUT2D eigenvalue weighted by atomic mass is 10.1. The Balaban J connectivity index is 1.87. The van der Waals surface area contributed by atoms with Gasteiger partial charge < -0.3 is 15.5 Å². The number of hydrogen-bond acceptors (Lipinski definition) is 3. The van der Waals surface area contributed by atoms with E-state index in [4.69, 9.17) is 0 Å². The maximum absolute atomic E-state index is 11.8. The summed E-state index contributed by atoms with van der Waals surface area (Å²) in [5.74, 6) is 0.0427. The summed E-state index contributed by atoms with van der Waals surface area (Å²) in [6, 6.07) is 8.47. The number of anilines is 1. The smallest absolute Gasteiger partial charge is 0.234 e. The highest BCUT2D eigenvalue weighted by atomic mass is 16.2. The van der Waals surface area contributed by atoms with Gasteiger partial charge in [-0.3, -0.25) is 4.79 Å². The van der Waals surface area contributed by atoms with Gasteiger partial charge >= 0.3 is 0 Å². The number of nitrogens with one attached hydrogen (secondary N) is 2. The van der Waals surface area contributed by atoms with Crippen molar-refractivity contribution in [3.63, 3.8) is 0 Å². The minimum absolute atomic E-state index is 0.0427. The van der Waals surface area contributed by atoms with Crippen molar-refractivity contribution in [2.24, 2.45) is 0 Å². The zero-order valence-electron chi connectivity index (χ0n) is 13.4. The SMILES string of the molecule is CC(C)(C)NC(=O)CNCc1ccccc1N1CCCC1. The molecule has 0 unspecified atom stereocenters. The van der Waals surface area contributed by atoms with Crippen molar-refractivity contribution >= 4 is 11.6 Å². The molecule has 1 aliphatic rings. The first-order valence-electron chi connectivity index (χ1n) is 7.80. The van der Waals surface area contributed by atoms with Gasteiger partial charge in [0.2, 0.25) is 5.91 Å². The van der Waals surface area contributed by atoms with E-state index in [-0.39, 0.29) is 11.4 Å². The van der Waals surface area contributed by atoms with Gasteiger partial charge in [-0.25, -0.2) is 0 Å². The summed E-state index contributed by atoms with van der Waals surface area (Å²) < 4.78 is 0. The predicted molar refractivity (Wildman–Crippen MR) is 87.5 cm³/mol. The number of para-hydroxylation sites is 1. The van der Waals surface area contributed by atoms with E-state index < -0.39 is 0 Å². The summed E-state index contributed by atoms with van der Waals surface area (Å²) >= 11 is 0. The van der Waals surface area contributed by atoms with Crippen LogP contribution in [0.1, 0.15) is 39.2 Å². The Hall–Kier alpha value is -1.55. The van der Waals surface area contributed by atoms with Gasteiger partial charge in [0.25, 0.3) is 0 Å². The van der Waals surface area contributed by atoms with Crippen molar-refractivity contribution in [1.82, 2.24) is 10.6 Å². The molecule has 0 aliphatic carbocycles. The van der Waals surface area contributed by atoms with E-state index in [1.54, 1.807) is 0 Å². The van der Waals surface area contributed by atoms with Crippen LogP contribution < -0.4 is 15.5 Å². The number of benzene rings is 1. The van der Waals surface area contributed by atoms with Gasteiger partial charge in [-0.15, -0.1) is 0 Å². The highest BCUT2D eigenvalue weighted by molar-refractivity contribution is 5.78. The minimum Gasteiger partial charge on any atom is -0.371 e. The molecule has 4 heteroatoms. The molecule has 1 fully saturated rings. The van der Waals surface area contributed by atoms with Crippen LogP contribution in [-0.4, -0.2) is 31.1 Å². The second-order valence-electron chi connectivity index (χ2n) is 6.72. The van der Waals surface area contributed by atoms with Gasteiger partial charge in [0.15, 0.2) is 0 Å². The van der Waals surface area contributed by atoms with E-state index in [0.717, 1.165) is 19.6 Å². The van der Waals surface area contributed by atoms with E-state index in [1.807, 2.05) is 20.8 Å². The van der Waals surface area contributed by atoms with E-state index in [2.05, 4.69) is 39.8 Å². The largest absolute Gasteiger partial charge is 0.371 e. The number of nitrogens with zero attached hydrogens (tertiary/aromatic N) is 1. The maximum Gasteiger partial charge on any atom is 0.234 e. The van der Waals surface area contributed by atoms with Gasteiger partial charge in [-0.1, -0.05) is 18.2 Å². The fraction of sp³-hybridized carbons (Fsp3) is 0.588. The van der Waals surface area contributed by atoms with Crippen molar-refractivity contribution in [2.75, 3.05) is 24.5 Å². The van der Waals surface area contributed by atoms with Crippen LogP contribution in [0.3, 0.4) is 0 Å².